The molecule has 0 rings (SSSR count). The van der Waals surface area contributed by atoms with Gasteiger partial charge in [-0.3, -0.25) is 9.59 Å². The number of carbonyl (C=O) groups is 2. The summed E-state index contributed by atoms with van der Waals surface area (Å²) in [5, 5.41) is 14.0. The molecular weight excluding hydrogens is 222 g/mol. The Morgan fingerprint density at radius 3 is 2.06 bits per heavy atom. The van der Waals surface area contributed by atoms with E-state index in [-0.39, 0.29) is 0 Å². The van der Waals surface area contributed by atoms with Crippen molar-refractivity contribution in [1.82, 2.24) is 4.90 Å². The van der Waals surface area contributed by atoms with Crippen LogP contribution in [-0.2, 0) is 9.59 Å². The van der Waals surface area contributed by atoms with Gasteiger partial charge in [-0.25, -0.2) is 0 Å². The number of hydrogen-bond acceptors (Lipinski definition) is 4. The number of aliphatic hydroxyl groups is 2. The number of amides is 1. The summed E-state index contributed by atoms with van der Waals surface area (Å²) in [5.41, 5.74) is 0.638. The van der Waals surface area contributed by atoms with Crippen LogP contribution in [0.5, 0.6) is 0 Å². The minimum absolute atomic E-state index is 0.638. The molecule has 0 atom stereocenters. The van der Waals surface area contributed by atoms with Crippen LogP contribution in [-0.4, -0.2) is 48.6 Å². The van der Waals surface area contributed by atoms with E-state index in [1.807, 2.05) is 6.92 Å². The van der Waals surface area contributed by atoms with Gasteiger partial charge in [0.2, 0.25) is 6.41 Å². The van der Waals surface area contributed by atoms with Gasteiger partial charge in [0.1, 0.15) is 6.29 Å². The van der Waals surface area contributed by atoms with E-state index in [0.717, 1.165) is 33.3 Å². The smallest absolute Gasteiger partial charge is 0.213 e. The first-order valence-electron chi connectivity index (χ1n) is 5.15. The normalized spacial score (nSPS) is 9.65. The third-order valence-electron chi connectivity index (χ3n) is 1.44. The molecule has 0 spiro atoms. The third-order valence-corrected chi connectivity index (χ3v) is 1.44. The average molecular weight is 245 g/mol. The van der Waals surface area contributed by atoms with Crippen molar-refractivity contribution in [3.8, 4) is 0 Å². The predicted molar refractivity (Wildman–Crippen MR) is 68.3 cm³/mol. The Balaban J connectivity index is -0.000000439. The van der Waals surface area contributed by atoms with Crippen LogP contribution in [0.3, 0.4) is 0 Å². The Morgan fingerprint density at radius 1 is 1.18 bits per heavy atom. The summed E-state index contributed by atoms with van der Waals surface area (Å²) in [4.78, 5) is 22.2. The lowest BCUT2D eigenvalue weighted by Crippen LogP contribution is -2.14. The first-order chi connectivity index (χ1) is 8.24. The molecule has 0 bridgehead atoms. The fraction of sp³-hybridized carbons (Fsp3) is 0.500. The lowest BCUT2D eigenvalue weighted by molar-refractivity contribution is -0.116. The highest BCUT2D eigenvalue weighted by Gasteiger charge is 1.91. The molecule has 0 aromatic carbocycles. The van der Waals surface area contributed by atoms with Crippen molar-refractivity contribution < 1.29 is 19.8 Å². The molecule has 17 heavy (non-hydrogen) atoms. The van der Waals surface area contributed by atoms with Crippen LogP contribution >= 0.6 is 0 Å². The van der Waals surface area contributed by atoms with Gasteiger partial charge in [0, 0.05) is 27.0 Å². The topological polar surface area (TPSA) is 77.8 Å². The minimum atomic E-state index is 0.638. The molecule has 100 valence electrons. The highest BCUT2D eigenvalue weighted by atomic mass is 16.2. The monoisotopic (exact) mass is 245 g/mol. The summed E-state index contributed by atoms with van der Waals surface area (Å²) >= 11 is 0. The summed E-state index contributed by atoms with van der Waals surface area (Å²) in [6.07, 6.45) is 7.47. The van der Waals surface area contributed by atoms with Gasteiger partial charge >= 0.3 is 0 Å². The van der Waals surface area contributed by atoms with Crippen LogP contribution in [0.15, 0.2) is 23.9 Å². The quantitative estimate of drug-likeness (QED) is 0.411. The van der Waals surface area contributed by atoms with Gasteiger partial charge in [0.15, 0.2) is 0 Å². The van der Waals surface area contributed by atoms with E-state index in [2.05, 4.69) is 0 Å². The second-order valence-electron chi connectivity index (χ2n) is 2.71. The molecule has 0 aliphatic rings. The Morgan fingerprint density at radius 2 is 1.71 bits per heavy atom. The van der Waals surface area contributed by atoms with E-state index in [0.29, 0.717) is 12.1 Å². The molecule has 1 amide bonds. The third kappa shape index (κ3) is 17.2. The predicted octanol–water partition coefficient (Wildman–Crippen LogP) is 0.731. The molecule has 0 aliphatic heterocycles. The summed E-state index contributed by atoms with van der Waals surface area (Å²) < 4.78 is 0. The number of hydrogen-bond donors (Lipinski definition) is 2. The van der Waals surface area contributed by atoms with Gasteiger partial charge < -0.3 is 15.1 Å². The van der Waals surface area contributed by atoms with Gasteiger partial charge in [0.05, 0.1) is 0 Å². The maximum Gasteiger partial charge on any atom is 0.213 e. The Hall–Kier alpha value is -1.46. The number of nitrogens with zero attached hydrogens (tertiary/aromatic N) is 1. The van der Waals surface area contributed by atoms with Gasteiger partial charge in [-0.05, 0) is 25.0 Å². The Kier molecular flexibility index (Phi) is 24.6. The summed E-state index contributed by atoms with van der Waals surface area (Å²) in [6, 6.07) is 0. The van der Waals surface area contributed by atoms with Gasteiger partial charge in [-0.15, -0.1) is 0 Å². The van der Waals surface area contributed by atoms with Crippen molar-refractivity contribution in [1.29, 1.82) is 0 Å². The van der Waals surface area contributed by atoms with Gasteiger partial charge in [-0.2, -0.15) is 0 Å². The zero-order valence-electron chi connectivity index (χ0n) is 11.0. The number of rotatable bonds is 6. The standard InChI is InChI=1S/C10H15NO2.2CH4O/c1-3-6-11(9-13)7-4-5-10(2)8-12;2*1-2/h4-5,7-9H,3,6H2,1-2H3;2*2H,1H3/b7-4-,10-5+;;. The van der Waals surface area contributed by atoms with Crippen molar-refractivity contribution >= 4 is 12.7 Å². The Bertz CT molecular complexity index is 225. The van der Waals surface area contributed by atoms with Crippen LogP contribution in [0, 0.1) is 0 Å². The fourth-order valence-electron chi connectivity index (χ4n) is 0.765. The van der Waals surface area contributed by atoms with E-state index >= 15 is 0 Å². The van der Waals surface area contributed by atoms with Gasteiger partial charge in [0.25, 0.3) is 0 Å². The van der Waals surface area contributed by atoms with Crippen molar-refractivity contribution in [2.24, 2.45) is 0 Å². The number of aliphatic hydroxyl groups excluding tert-OH is 2. The molecule has 0 aliphatic carbocycles. The molecule has 0 radical (unpaired) electrons. The molecule has 5 heteroatoms. The molecule has 0 unspecified atom stereocenters. The van der Waals surface area contributed by atoms with Crippen LogP contribution in [0.25, 0.3) is 0 Å². The van der Waals surface area contributed by atoms with Crippen molar-refractivity contribution in [3.63, 3.8) is 0 Å². The van der Waals surface area contributed by atoms with Crippen molar-refractivity contribution in [2.75, 3.05) is 20.8 Å². The number of aldehydes is 1. The Labute approximate surface area is 103 Å². The highest BCUT2D eigenvalue weighted by molar-refractivity contribution is 5.72. The van der Waals surface area contributed by atoms with E-state index < -0.39 is 0 Å². The molecular formula is C12H23NO4. The van der Waals surface area contributed by atoms with E-state index in [9.17, 15) is 9.59 Å². The van der Waals surface area contributed by atoms with Crippen molar-refractivity contribution in [2.45, 2.75) is 20.3 Å². The molecule has 0 saturated carbocycles. The summed E-state index contributed by atoms with van der Waals surface area (Å²) in [5.74, 6) is 0. The molecule has 0 fully saturated rings. The molecule has 0 saturated heterocycles. The van der Waals surface area contributed by atoms with E-state index in [1.54, 1.807) is 25.3 Å². The molecule has 2 N–H and O–H groups in total. The van der Waals surface area contributed by atoms with Crippen LogP contribution < -0.4 is 0 Å². The van der Waals surface area contributed by atoms with E-state index in [4.69, 9.17) is 10.2 Å². The SMILES string of the molecule is CCCN(C=O)/C=C\C=C(/C)C=O.CO.CO. The lowest BCUT2D eigenvalue weighted by atomic mass is 10.3. The highest BCUT2D eigenvalue weighted by Crippen LogP contribution is 1.91. The fourth-order valence-corrected chi connectivity index (χ4v) is 0.765. The zero-order valence-corrected chi connectivity index (χ0v) is 11.0. The minimum Gasteiger partial charge on any atom is -0.400 e. The van der Waals surface area contributed by atoms with Crippen LogP contribution in [0.1, 0.15) is 20.3 Å². The first kappa shape index (κ1) is 20.9. The van der Waals surface area contributed by atoms with E-state index in [1.165, 1.54) is 4.90 Å². The molecule has 0 heterocycles. The molecule has 5 nitrogen and oxygen atoms in total. The first-order valence-corrected chi connectivity index (χ1v) is 5.15. The van der Waals surface area contributed by atoms with Crippen LogP contribution in [0.2, 0.25) is 0 Å². The summed E-state index contributed by atoms with van der Waals surface area (Å²) in [6.45, 7) is 4.41. The van der Waals surface area contributed by atoms with Crippen molar-refractivity contribution in [3.05, 3.63) is 23.9 Å². The second kappa shape index (κ2) is 20.0. The maximum absolute atomic E-state index is 10.4. The molecule has 0 aromatic rings. The van der Waals surface area contributed by atoms with Gasteiger partial charge in [-0.1, -0.05) is 13.0 Å². The van der Waals surface area contributed by atoms with Crippen LogP contribution in [0.4, 0.5) is 0 Å². The maximum atomic E-state index is 10.4. The zero-order chi connectivity index (χ0) is 14.1. The largest absolute Gasteiger partial charge is 0.400 e. The number of carbonyl (C=O) groups excluding carboxylic acids is 2. The second-order valence-corrected chi connectivity index (χ2v) is 2.71. The summed E-state index contributed by atoms with van der Waals surface area (Å²) in [7, 11) is 2.00. The lowest BCUT2D eigenvalue weighted by Gasteiger charge is -2.08. The number of allylic oxidation sites excluding steroid dienone is 3. The molecule has 0 aromatic heterocycles. The average Bonchev–Trinajstić information content (AvgIpc) is 2.42.